The first kappa shape index (κ1) is 37.6. The van der Waals surface area contributed by atoms with Crippen molar-refractivity contribution in [3.8, 4) is 0 Å². The molecular weight excluding hydrogens is 484 g/mol. The van der Waals surface area contributed by atoms with Gasteiger partial charge in [0.2, 0.25) is 0 Å². The molecule has 1 unspecified atom stereocenters. The van der Waals surface area contributed by atoms with Crippen LogP contribution in [0.2, 0.25) is 0 Å². The van der Waals surface area contributed by atoms with Gasteiger partial charge in [0, 0.05) is 18.4 Å². The predicted octanol–water partition coefficient (Wildman–Crippen LogP) is 11.0. The largest absolute Gasteiger partial charge is 0.478 e. The van der Waals surface area contributed by atoms with E-state index in [1.54, 1.807) is 6.92 Å². The fourth-order valence-corrected chi connectivity index (χ4v) is 5.53. The number of hydrogen-bond acceptors (Lipinski definition) is 3. The van der Waals surface area contributed by atoms with Crippen LogP contribution in [-0.4, -0.2) is 22.6 Å². The number of unbranched alkanes of at least 4 members (excludes halogenated alkanes) is 19. The number of aliphatic carboxylic acids is 1. The summed E-state index contributed by atoms with van der Waals surface area (Å²) in [6.07, 6.45) is 26.6. The Morgan fingerprint density at radius 2 is 0.872 bits per heavy atom. The van der Waals surface area contributed by atoms with E-state index in [0.717, 1.165) is 64.2 Å². The van der Waals surface area contributed by atoms with Crippen molar-refractivity contribution in [2.75, 3.05) is 0 Å². The molecule has 0 aromatic heterocycles. The Morgan fingerprint density at radius 1 is 0.513 bits per heavy atom. The number of carboxylic acids is 1. The summed E-state index contributed by atoms with van der Waals surface area (Å²) in [7, 11) is 0. The molecule has 0 spiro atoms. The second-order valence-corrected chi connectivity index (χ2v) is 11.8. The predicted molar refractivity (Wildman–Crippen MR) is 166 cm³/mol. The third-order valence-electron chi connectivity index (χ3n) is 8.17. The molecule has 0 rings (SSSR count). The van der Waals surface area contributed by atoms with Crippen molar-refractivity contribution in [2.45, 2.75) is 188 Å². The number of allylic oxidation sites excluding steroid dienone is 1. The summed E-state index contributed by atoms with van der Waals surface area (Å²) in [6.45, 7) is 8.24. The number of hydrogen-bond donors (Lipinski definition) is 1. The van der Waals surface area contributed by atoms with Crippen LogP contribution in [-0.2, 0) is 14.4 Å². The molecule has 0 aliphatic rings. The number of ketones is 2. The third kappa shape index (κ3) is 20.1. The summed E-state index contributed by atoms with van der Waals surface area (Å²) in [5, 5.41) is 10.1. The molecule has 0 saturated heterocycles. The van der Waals surface area contributed by atoms with Gasteiger partial charge in [0.05, 0.1) is 11.5 Å². The van der Waals surface area contributed by atoms with E-state index in [-0.39, 0.29) is 17.1 Å². The number of carboxylic acid groups (broad SMARTS) is 1. The summed E-state index contributed by atoms with van der Waals surface area (Å²) in [6, 6.07) is 0. The maximum atomic E-state index is 13.3. The molecule has 0 aliphatic carbocycles. The minimum Gasteiger partial charge on any atom is -0.478 e. The van der Waals surface area contributed by atoms with Crippen LogP contribution in [0.4, 0.5) is 0 Å². The van der Waals surface area contributed by atoms with Crippen LogP contribution in [0.5, 0.6) is 0 Å². The molecule has 1 N–H and O–H groups in total. The maximum absolute atomic E-state index is 13.3. The lowest BCUT2D eigenvalue weighted by atomic mass is 9.83. The van der Waals surface area contributed by atoms with Crippen LogP contribution in [0.1, 0.15) is 188 Å². The summed E-state index contributed by atoms with van der Waals surface area (Å²) < 4.78 is 0. The van der Waals surface area contributed by atoms with E-state index in [9.17, 15) is 19.5 Å². The van der Waals surface area contributed by atoms with Gasteiger partial charge < -0.3 is 5.11 Å². The van der Waals surface area contributed by atoms with Gasteiger partial charge in [0.1, 0.15) is 5.78 Å². The first-order valence-corrected chi connectivity index (χ1v) is 16.9. The average Bonchev–Trinajstić information content (AvgIpc) is 2.92. The highest BCUT2D eigenvalue weighted by Crippen LogP contribution is 2.27. The third-order valence-corrected chi connectivity index (χ3v) is 8.17. The van der Waals surface area contributed by atoms with Crippen LogP contribution >= 0.6 is 0 Å². The van der Waals surface area contributed by atoms with Gasteiger partial charge >= 0.3 is 5.97 Å². The Labute approximate surface area is 242 Å². The van der Waals surface area contributed by atoms with Crippen molar-refractivity contribution >= 4 is 17.5 Å². The van der Waals surface area contributed by atoms with Gasteiger partial charge in [0.15, 0.2) is 5.78 Å². The van der Waals surface area contributed by atoms with E-state index in [1.165, 1.54) is 77.0 Å². The molecule has 0 amide bonds. The molecule has 0 bridgehead atoms. The first-order chi connectivity index (χ1) is 18.9. The van der Waals surface area contributed by atoms with E-state index < -0.39 is 11.9 Å². The Morgan fingerprint density at radius 3 is 1.28 bits per heavy atom. The number of Topliss-reactive ketones (excluding diaryl/α,β-unsaturated/α-hetero) is 2. The van der Waals surface area contributed by atoms with Gasteiger partial charge in [-0.1, -0.05) is 149 Å². The van der Waals surface area contributed by atoms with Crippen molar-refractivity contribution in [1.82, 2.24) is 0 Å². The van der Waals surface area contributed by atoms with Crippen molar-refractivity contribution in [3.63, 3.8) is 0 Å². The van der Waals surface area contributed by atoms with Crippen molar-refractivity contribution in [1.29, 1.82) is 0 Å². The second kappa shape index (κ2) is 26.8. The maximum Gasteiger partial charge on any atom is 0.332 e. The van der Waals surface area contributed by atoms with E-state index >= 15 is 0 Å². The van der Waals surface area contributed by atoms with Gasteiger partial charge in [-0.15, -0.1) is 0 Å². The molecule has 0 fully saturated rings. The molecule has 0 aromatic carbocycles. The molecule has 0 heterocycles. The molecule has 0 aromatic rings. The van der Waals surface area contributed by atoms with Crippen LogP contribution in [0.15, 0.2) is 11.1 Å². The molecule has 1 atom stereocenters. The van der Waals surface area contributed by atoms with E-state index in [1.807, 2.05) is 0 Å². The van der Waals surface area contributed by atoms with Gasteiger partial charge in [-0.25, -0.2) is 4.79 Å². The van der Waals surface area contributed by atoms with Crippen molar-refractivity contribution in [2.24, 2.45) is 5.92 Å². The average molecular weight is 549 g/mol. The molecule has 228 valence electrons. The topological polar surface area (TPSA) is 71.4 Å². The molecule has 0 radical (unpaired) electrons. The Balaban J connectivity index is 4.86. The van der Waals surface area contributed by atoms with Crippen LogP contribution in [0.3, 0.4) is 0 Å². The Bertz CT molecular complexity index is 664. The summed E-state index contributed by atoms with van der Waals surface area (Å²) >= 11 is 0. The number of carbonyl (C=O) groups excluding carboxylic acids is 2. The lowest BCUT2D eigenvalue weighted by Gasteiger charge is -2.19. The number of rotatable bonds is 29. The van der Waals surface area contributed by atoms with Gasteiger partial charge in [-0.3, -0.25) is 9.59 Å². The van der Waals surface area contributed by atoms with Crippen molar-refractivity contribution < 1.29 is 19.5 Å². The monoisotopic (exact) mass is 548 g/mol. The Kier molecular flexibility index (Phi) is 25.8. The normalized spacial score (nSPS) is 12.8. The highest BCUT2D eigenvalue weighted by molar-refractivity contribution is 6.06. The summed E-state index contributed by atoms with van der Waals surface area (Å²) in [5.41, 5.74) is 0.385. The van der Waals surface area contributed by atoms with Gasteiger partial charge in [-0.05, 0) is 26.2 Å². The molecule has 4 heteroatoms. The molecule has 0 saturated carbocycles. The Hall–Kier alpha value is -1.45. The highest BCUT2D eigenvalue weighted by atomic mass is 16.4. The lowest BCUT2D eigenvalue weighted by molar-refractivity contribution is -0.135. The molecular formula is C35H64O4. The summed E-state index contributed by atoms with van der Waals surface area (Å²) in [4.78, 5) is 38.6. The highest BCUT2D eigenvalue weighted by Gasteiger charge is 2.30. The van der Waals surface area contributed by atoms with E-state index in [2.05, 4.69) is 20.8 Å². The van der Waals surface area contributed by atoms with E-state index in [0.29, 0.717) is 24.8 Å². The standard InChI is InChI=1S/C35H64O4/c1-5-8-11-14-16-17-18-19-21-22-25-28-32(36)30(4)34(35(38)39)31(27-24-13-10-7-3)33(37)29-26-23-20-15-12-9-6-2/h31H,5-29H2,1-4H3,(H,38,39). The fraction of sp³-hybridized carbons (Fsp3) is 0.857. The molecule has 39 heavy (non-hydrogen) atoms. The van der Waals surface area contributed by atoms with E-state index in [4.69, 9.17) is 0 Å². The molecule has 0 aliphatic heterocycles. The first-order valence-electron chi connectivity index (χ1n) is 16.9. The van der Waals surface area contributed by atoms with Gasteiger partial charge in [0.25, 0.3) is 0 Å². The minimum absolute atomic E-state index is 0.0132. The zero-order valence-electron chi connectivity index (χ0n) is 26.4. The fourth-order valence-electron chi connectivity index (χ4n) is 5.53. The van der Waals surface area contributed by atoms with Crippen LogP contribution < -0.4 is 0 Å². The molecule has 4 nitrogen and oxygen atoms in total. The second-order valence-electron chi connectivity index (χ2n) is 11.8. The zero-order chi connectivity index (χ0) is 29.1. The minimum atomic E-state index is -1.09. The zero-order valence-corrected chi connectivity index (χ0v) is 26.4. The summed E-state index contributed by atoms with van der Waals surface area (Å²) in [5.74, 6) is -1.82. The number of carbonyl (C=O) groups is 3. The van der Waals surface area contributed by atoms with Crippen LogP contribution in [0, 0.1) is 5.92 Å². The lowest BCUT2D eigenvalue weighted by Crippen LogP contribution is -2.25. The van der Waals surface area contributed by atoms with Crippen LogP contribution in [0.25, 0.3) is 0 Å². The quantitative estimate of drug-likeness (QED) is 0.0745. The van der Waals surface area contributed by atoms with Gasteiger partial charge in [-0.2, -0.15) is 0 Å². The van der Waals surface area contributed by atoms with Crippen molar-refractivity contribution in [3.05, 3.63) is 11.1 Å². The smallest absolute Gasteiger partial charge is 0.332 e. The SMILES string of the molecule is CCCCCCCCCCCCCC(=O)C(C)=C(C(=O)O)C(CCCCCC)C(=O)CCCCCCCCC.